The highest BCUT2D eigenvalue weighted by Gasteiger charge is 2.61. The number of likely N-dealkylation sites (tertiary alicyclic amines) is 1. The molecule has 0 aliphatic carbocycles. The lowest BCUT2D eigenvalue weighted by Crippen LogP contribution is -2.60. The van der Waals surface area contributed by atoms with Gasteiger partial charge in [-0.15, -0.1) is 0 Å². The summed E-state index contributed by atoms with van der Waals surface area (Å²) in [6.07, 6.45) is -1.14. The third-order valence-electron chi connectivity index (χ3n) is 6.52. The van der Waals surface area contributed by atoms with Crippen molar-refractivity contribution in [3.05, 3.63) is 35.9 Å². The van der Waals surface area contributed by atoms with Crippen LogP contribution < -0.4 is 0 Å². The summed E-state index contributed by atoms with van der Waals surface area (Å²) in [5.41, 5.74) is -0.947. The summed E-state index contributed by atoms with van der Waals surface area (Å²) in [5, 5.41) is -0.0653. The molecule has 1 aromatic rings. The Labute approximate surface area is 192 Å². The number of ether oxygens (including phenoxy) is 2. The molecule has 178 valence electrons. The first-order valence-electron chi connectivity index (χ1n) is 11.0. The minimum atomic E-state index is -2.22. The van der Waals surface area contributed by atoms with Gasteiger partial charge in [0.05, 0.1) is 19.8 Å². The minimum Gasteiger partial charge on any atom is -0.467 e. The van der Waals surface area contributed by atoms with Crippen molar-refractivity contribution in [3.8, 4) is 0 Å². The molecular weight excluding hydrogens is 426 g/mol. The van der Waals surface area contributed by atoms with Crippen LogP contribution in [-0.4, -0.2) is 56.4 Å². The number of ketones is 1. The molecule has 32 heavy (non-hydrogen) atoms. The maximum Gasteiger partial charge on any atom is 0.411 e. The fourth-order valence-corrected chi connectivity index (χ4v) is 5.08. The third-order valence-corrected chi connectivity index (χ3v) is 11.1. The molecule has 1 aliphatic rings. The summed E-state index contributed by atoms with van der Waals surface area (Å²) in [5.74, 6) is -1.61. The predicted molar refractivity (Wildman–Crippen MR) is 125 cm³/mol. The van der Waals surface area contributed by atoms with Crippen LogP contribution >= 0.6 is 0 Å². The fourth-order valence-electron chi connectivity index (χ4n) is 3.74. The van der Waals surface area contributed by atoms with Gasteiger partial charge in [-0.3, -0.25) is 9.69 Å². The molecule has 0 radical (unpaired) electrons. The smallest absolute Gasteiger partial charge is 0.411 e. The Morgan fingerprint density at radius 1 is 1.16 bits per heavy atom. The third kappa shape index (κ3) is 5.23. The first-order valence-corrected chi connectivity index (χ1v) is 14.0. The Hall–Kier alpha value is -2.19. The quantitative estimate of drug-likeness (QED) is 0.335. The van der Waals surface area contributed by atoms with Crippen LogP contribution in [0.15, 0.2) is 30.3 Å². The molecular formula is C24H37NO6Si. The summed E-state index contributed by atoms with van der Waals surface area (Å²) in [4.78, 5) is 40.8. The first kappa shape index (κ1) is 26.1. The molecule has 0 aromatic heterocycles. The van der Waals surface area contributed by atoms with Gasteiger partial charge in [0.25, 0.3) is 0 Å². The zero-order valence-corrected chi connectivity index (χ0v) is 21.6. The lowest BCUT2D eigenvalue weighted by atomic mass is 9.84. The molecule has 0 spiro atoms. The van der Waals surface area contributed by atoms with E-state index in [9.17, 15) is 14.4 Å². The number of hydrogen-bond acceptors (Lipinski definition) is 6. The summed E-state index contributed by atoms with van der Waals surface area (Å²) in [6, 6.07) is 9.26. The van der Waals surface area contributed by atoms with Gasteiger partial charge in [-0.1, -0.05) is 65.0 Å². The van der Waals surface area contributed by atoms with Crippen molar-refractivity contribution in [3.63, 3.8) is 0 Å². The SMILES string of the molecule is COC(=O)[C@@]1(C(=O)C(C)C)C[C@@H](O[Si](C)(C)C(C)(C)C)CN1C(=O)OCc1ccccc1. The molecule has 7 nitrogen and oxygen atoms in total. The molecule has 1 aliphatic heterocycles. The molecule has 8 heteroatoms. The lowest BCUT2D eigenvalue weighted by Gasteiger charge is -2.38. The first-order chi connectivity index (χ1) is 14.8. The number of nitrogens with zero attached hydrogens (tertiary/aromatic N) is 1. The van der Waals surface area contributed by atoms with Gasteiger partial charge in [0.2, 0.25) is 5.54 Å². The highest BCUT2D eigenvalue weighted by molar-refractivity contribution is 6.74. The predicted octanol–water partition coefficient (Wildman–Crippen LogP) is 4.56. The molecule has 0 saturated carbocycles. The number of benzene rings is 1. The second-order valence-corrected chi connectivity index (χ2v) is 15.0. The van der Waals surface area contributed by atoms with Crippen LogP contribution in [0, 0.1) is 5.92 Å². The van der Waals surface area contributed by atoms with Crippen LogP contribution in [-0.2, 0) is 30.1 Å². The molecule has 2 rings (SSSR count). The van der Waals surface area contributed by atoms with Crippen molar-refractivity contribution in [2.45, 2.75) is 77.4 Å². The molecule has 0 bridgehead atoms. The van der Waals surface area contributed by atoms with Crippen molar-refractivity contribution in [2.75, 3.05) is 13.7 Å². The zero-order chi connectivity index (χ0) is 24.3. The van der Waals surface area contributed by atoms with E-state index in [0.29, 0.717) is 0 Å². The molecule has 2 atom stereocenters. The molecule has 1 fully saturated rings. The van der Waals surface area contributed by atoms with E-state index in [0.717, 1.165) is 5.56 Å². The molecule has 0 N–H and O–H groups in total. The Morgan fingerprint density at radius 3 is 2.25 bits per heavy atom. The van der Waals surface area contributed by atoms with Crippen molar-refractivity contribution < 1.29 is 28.3 Å². The van der Waals surface area contributed by atoms with Crippen LogP contribution in [0.3, 0.4) is 0 Å². The number of rotatable bonds is 7. The van der Waals surface area contributed by atoms with Gasteiger partial charge in [-0.25, -0.2) is 9.59 Å². The Kier molecular flexibility index (Phi) is 7.94. The molecule has 1 saturated heterocycles. The lowest BCUT2D eigenvalue weighted by molar-refractivity contribution is -0.159. The summed E-state index contributed by atoms with van der Waals surface area (Å²) < 4.78 is 17.1. The van der Waals surface area contributed by atoms with Gasteiger partial charge in [-0.05, 0) is 23.7 Å². The number of amides is 1. The fraction of sp³-hybridized carbons (Fsp3) is 0.625. The monoisotopic (exact) mass is 463 g/mol. The minimum absolute atomic E-state index is 0.0387. The van der Waals surface area contributed by atoms with Crippen molar-refractivity contribution in [1.82, 2.24) is 4.90 Å². The number of methoxy groups -OCH3 is 1. The maximum atomic E-state index is 13.4. The highest BCUT2D eigenvalue weighted by Crippen LogP contribution is 2.42. The largest absolute Gasteiger partial charge is 0.467 e. The molecule has 1 aromatic carbocycles. The summed E-state index contributed by atoms with van der Waals surface area (Å²) >= 11 is 0. The van der Waals surface area contributed by atoms with Gasteiger partial charge in [0.1, 0.15) is 6.61 Å². The number of carbonyl (C=O) groups is 3. The normalized spacial score (nSPS) is 21.5. The van der Waals surface area contributed by atoms with E-state index in [2.05, 4.69) is 33.9 Å². The average molecular weight is 464 g/mol. The van der Waals surface area contributed by atoms with Crippen LogP contribution in [0.4, 0.5) is 4.79 Å². The number of Topliss-reactive ketones (excluding diaryl/α,β-unsaturated/α-hetero) is 1. The highest BCUT2D eigenvalue weighted by atomic mass is 28.4. The van der Waals surface area contributed by atoms with Gasteiger partial charge >= 0.3 is 12.1 Å². The average Bonchev–Trinajstić information content (AvgIpc) is 3.10. The van der Waals surface area contributed by atoms with E-state index in [-0.39, 0.29) is 30.4 Å². The maximum absolute atomic E-state index is 13.4. The van der Waals surface area contributed by atoms with Crippen LogP contribution in [0.1, 0.15) is 46.6 Å². The Balaban J connectivity index is 2.39. The van der Waals surface area contributed by atoms with E-state index in [4.69, 9.17) is 13.9 Å². The van der Waals surface area contributed by atoms with Crippen molar-refractivity contribution >= 4 is 26.2 Å². The zero-order valence-electron chi connectivity index (χ0n) is 20.6. The van der Waals surface area contributed by atoms with Crippen molar-refractivity contribution in [1.29, 1.82) is 0 Å². The van der Waals surface area contributed by atoms with E-state index in [1.165, 1.54) is 12.0 Å². The molecule has 1 heterocycles. The van der Waals surface area contributed by atoms with Crippen LogP contribution in [0.2, 0.25) is 18.1 Å². The number of esters is 1. The Bertz CT molecular complexity index is 833. The molecule has 0 unspecified atom stereocenters. The summed E-state index contributed by atoms with van der Waals surface area (Å²) in [7, 11) is -0.988. The number of hydrogen-bond donors (Lipinski definition) is 0. The van der Waals surface area contributed by atoms with Crippen LogP contribution in [0.25, 0.3) is 0 Å². The second kappa shape index (κ2) is 9.75. The Morgan fingerprint density at radius 2 is 1.75 bits per heavy atom. The number of carbonyl (C=O) groups excluding carboxylic acids is 3. The van der Waals surface area contributed by atoms with E-state index in [1.807, 2.05) is 30.3 Å². The summed E-state index contributed by atoms with van der Waals surface area (Å²) in [6.45, 7) is 14.1. The van der Waals surface area contributed by atoms with Gasteiger partial charge in [-0.2, -0.15) is 0 Å². The van der Waals surface area contributed by atoms with E-state index < -0.39 is 37.9 Å². The topological polar surface area (TPSA) is 82.1 Å². The standard InChI is InChI=1S/C24H37NO6Si/c1-17(2)20(26)24(21(27)29-6)14-19(31-32(7,8)23(3,4)5)15-25(24)22(28)30-16-18-12-10-9-11-13-18/h9-13,17,19H,14-16H2,1-8H3/t19-,24+/m1/s1. The van der Waals surface area contributed by atoms with Gasteiger partial charge in [0, 0.05) is 12.3 Å². The van der Waals surface area contributed by atoms with E-state index >= 15 is 0 Å². The van der Waals surface area contributed by atoms with E-state index in [1.54, 1.807) is 13.8 Å². The van der Waals surface area contributed by atoms with Gasteiger partial charge < -0.3 is 13.9 Å². The molecule has 1 amide bonds. The van der Waals surface area contributed by atoms with Crippen molar-refractivity contribution in [2.24, 2.45) is 5.92 Å². The van der Waals surface area contributed by atoms with Gasteiger partial charge in [0.15, 0.2) is 14.1 Å². The van der Waals surface area contributed by atoms with Crippen LogP contribution in [0.5, 0.6) is 0 Å². The second-order valence-electron chi connectivity index (χ2n) is 10.2.